The van der Waals surface area contributed by atoms with Crippen molar-refractivity contribution in [1.29, 1.82) is 0 Å². The fourth-order valence-electron chi connectivity index (χ4n) is 1.70. The fourth-order valence-corrected chi connectivity index (χ4v) is 2.45. The third kappa shape index (κ3) is 2.52. The highest BCUT2D eigenvalue weighted by atomic mass is 32.2. The lowest BCUT2D eigenvalue weighted by molar-refractivity contribution is 0.0697. The Bertz CT molecular complexity index is 561. The number of aliphatic hydroxyl groups excluding tert-OH is 1. The molecule has 0 bridgehead atoms. The molecular weight excluding hydrogens is 252 g/mol. The first kappa shape index (κ1) is 13.0. The van der Waals surface area contributed by atoms with E-state index in [0.29, 0.717) is 22.5 Å². The molecule has 1 atom stereocenters. The minimum Gasteiger partial charge on any atom is -0.478 e. The molecule has 96 valence electrons. The summed E-state index contributed by atoms with van der Waals surface area (Å²) in [4.78, 5) is 11.3. The molecule has 1 unspecified atom stereocenters. The summed E-state index contributed by atoms with van der Waals surface area (Å²) in [5.41, 5.74) is 0.811. The van der Waals surface area contributed by atoms with Gasteiger partial charge in [-0.15, -0.1) is 11.8 Å². The first-order chi connectivity index (χ1) is 8.63. The Balaban J connectivity index is 2.37. The Hall–Kier alpha value is -1.46. The first-order valence-corrected chi connectivity index (χ1v) is 6.64. The number of aromatic carboxylic acids is 1. The van der Waals surface area contributed by atoms with Crippen LogP contribution < -0.4 is 0 Å². The standard InChI is InChI=1S/C13H14O4S/c1-8(6-14)18-7-11-12(13(15)16)9-4-2-3-5-10(9)17-11/h2-5,8,14H,6-7H2,1H3,(H,15,16). The molecular formula is C13H14O4S. The van der Waals surface area contributed by atoms with Gasteiger partial charge in [-0.3, -0.25) is 0 Å². The van der Waals surface area contributed by atoms with Crippen LogP contribution in [0.4, 0.5) is 0 Å². The third-order valence-corrected chi connectivity index (χ3v) is 3.79. The maximum atomic E-state index is 11.3. The van der Waals surface area contributed by atoms with Gasteiger partial charge in [0.2, 0.25) is 0 Å². The van der Waals surface area contributed by atoms with Crippen molar-refractivity contribution < 1.29 is 19.4 Å². The number of para-hydroxylation sites is 1. The van der Waals surface area contributed by atoms with Crippen molar-refractivity contribution in [3.05, 3.63) is 35.6 Å². The van der Waals surface area contributed by atoms with E-state index in [1.807, 2.05) is 13.0 Å². The average molecular weight is 266 g/mol. The largest absolute Gasteiger partial charge is 0.478 e. The molecule has 1 aromatic carbocycles. The summed E-state index contributed by atoms with van der Waals surface area (Å²) in [6, 6.07) is 7.10. The highest BCUT2D eigenvalue weighted by molar-refractivity contribution is 7.99. The Morgan fingerprint density at radius 3 is 2.83 bits per heavy atom. The molecule has 1 aromatic heterocycles. The zero-order valence-corrected chi connectivity index (χ0v) is 10.7. The molecule has 0 saturated heterocycles. The van der Waals surface area contributed by atoms with Crippen LogP contribution in [0.15, 0.2) is 28.7 Å². The van der Waals surface area contributed by atoms with E-state index in [-0.39, 0.29) is 17.4 Å². The molecule has 0 fully saturated rings. The van der Waals surface area contributed by atoms with Crippen LogP contribution in [0.5, 0.6) is 0 Å². The lowest BCUT2D eigenvalue weighted by atomic mass is 10.1. The van der Waals surface area contributed by atoms with Crippen molar-refractivity contribution in [2.75, 3.05) is 6.61 Å². The van der Waals surface area contributed by atoms with Gasteiger partial charge in [0.15, 0.2) is 0 Å². The van der Waals surface area contributed by atoms with Gasteiger partial charge in [0.05, 0.1) is 12.4 Å². The normalized spacial score (nSPS) is 12.8. The minimum absolute atomic E-state index is 0.0554. The van der Waals surface area contributed by atoms with Crippen LogP contribution in [0.25, 0.3) is 11.0 Å². The summed E-state index contributed by atoms with van der Waals surface area (Å²) < 4.78 is 5.57. The molecule has 0 spiro atoms. The molecule has 0 aliphatic heterocycles. The van der Waals surface area contributed by atoms with Crippen LogP contribution in [0, 0.1) is 0 Å². The number of hydrogen-bond acceptors (Lipinski definition) is 4. The van der Waals surface area contributed by atoms with E-state index in [1.165, 1.54) is 11.8 Å². The van der Waals surface area contributed by atoms with Gasteiger partial charge in [0.25, 0.3) is 0 Å². The molecule has 0 radical (unpaired) electrons. The van der Waals surface area contributed by atoms with Crippen molar-refractivity contribution in [3.63, 3.8) is 0 Å². The van der Waals surface area contributed by atoms with Crippen LogP contribution >= 0.6 is 11.8 Å². The summed E-state index contributed by atoms with van der Waals surface area (Å²) >= 11 is 1.47. The van der Waals surface area contributed by atoms with Crippen molar-refractivity contribution in [1.82, 2.24) is 0 Å². The van der Waals surface area contributed by atoms with Crippen molar-refractivity contribution >= 4 is 28.7 Å². The van der Waals surface area contributed by atoms with Gasteiger partial charge in [0.1, 0.15) is 16.9 Å². The number of carboxylic acid groups (broad SMARTS) is 1. The number of thioether (sulfide) groups is 1. The van der Waals surface area contributed by atoms with Gasteiger partial charge in [-0.1, -0.05) is 25.1 Å². The molecule has 2 aromatic rings. The zero-order valence-electron chi connectivity index (χ0n) is 9.92. The summed E-state index contributed by atoms with van der Waals surface area (Å²) in [6.07, 6.45) is 0. The Morgan fingerprint density at radius 2 is 2.17 bits per heavy atom. The van der Waals surface area contributed by atoms with E-state index in [2.05, 4.69) is 0 Å². The van der Waals surface area contributed by atoms with Gasteiger partial charge in [-0.2, -0.15) is 0 Å². The van der Waals surface area contributed by atoms with Crippen LogP contribution in [-0.4, -0.2) is 28.0 Å². The summed E-state index contributed by atoms with van der Waals surface area (Å²) in [5.74, 6) is -0.0842. The lowest BCUT2D eigenvalue weighted by Crippen LogP contribution is -2.04. The lowest BCUT2D eigenvalue weighted by Gasteiger charge is -2.05. The molecule has 0 aliphatic carbocycles. The Kier molecular flexibility index (Phi) is 3.93. The maximum Gasteiger partial charge on any atom is 0.339 e. The molecule has 4 nitrogen and oxygen atoms in total. The molecule has 5 heteroatoms. The highest BCUT2D eigenvalue weighted by Crippen LogP contribution is 2.29. The summed E-state index contributed by atoms with van der Waals surface area (Å²) in [6.45, 7) is 1.95. The first-order valence-electron chi connectivity index (χ1n) is 5.59. The fraction of sp³-hybridized carbons (Fsp3) is 0.308. The molecule has 18 heavy (non-hydrogen) atoms. The van der Waals surface area contributed by atoms with Crippen molar-refractivity contribution in [2.24, 2.45) is 0 Å². The van der Waals surface area contributed by atoms with Crippen LogP contribution in [-0.2, 0) is 5.75 Å². The smallest absolute Gasteiger partial charge is 0.339 e. The number of hydrogen-bond donors (Lipinski definition) is 2. The number of carbonyl (C=O) groups is 1. The van der Waals surface area contributed by atoms with Gasteiger partial charge in [0, 0.05) is 10.6 Å². The maximum absolute atomic E-state index is 11.3. The molecule has 0 amide bonds. The van der Waals surface area contributed by atoms with E-state index >= 15 is 0 Å². The predicted molar refractivity (Wildman–Crippen MR) is 71.0 cm³/mol. The summed E-state index contributed by atoms with van der Waals surface area (Å²) in [7, 11) is 0. The molecule has 0 aliphatic rings. The number of aliphatic hydroxyl groups is 1. The summed E-state index contributed by atoms with van der Waals surface area (Å²) in [5, 5.41) is 18.9. The van der Waals surface area contributed by atoms with E-state index < -0.39 is 5.97 Å². The van der Waals surface area contributed by atoms with Crippen molar-refractivity contribution in [2.45, 2.75) is 17.9 Å². The van der Waals surface area contributed by atoms with Gasteiger partial charge < -0.3 is 14.6 Å². The number of fused-ring (bicyclic) bond motifs is 1. The van der Waals surface area contributed by atoms with Crippen LogP contribution in [0.3, 0.4) is 0 Å². The Morgan fingerprint density at radius 1 is 1.44 bits per heavy atom. The van der Waals surface area contributed by atoms with Gasteiger partial charge in [-0.25, -0.2) is 4.79 Å². The van der Waals surface area contributed by atoms with Gasteiger partial charge >= 0.3 is 5.97 Å². The molecule has 0 saturated carbocycles. The van der Waals surface area contributed by atoms with E-state index in [4.69, 9.17) is 9.52 Å². The second-order valence-corrected chi connectivity index (χ2v) is 5.43. The SMILES string of the molecule is CC(CO)SCc1oc2ccccc2c1C(=O)O. The third-order valence-electron chi connectivity index (χ3n) is 2.64. The number of carboxylic acids is 1. The molecule has 1 heterocycles. The van der Waals surface area contributed by atoms with E-state index in [1.54, 1.807) is 18.2 Å². The average Bonchev–Trinajstić information content (AvgIpc) is 2.74. The Labute approximate surface area is 109 Å². The monoisotopic (exact) mass is 266 g/mol. The molecule has 2 rings (SSSR count). The van der Waals surface area contributed by atoms with Crippen LogP contribution in [0.1, 0.15) is 23.0 Å². The second kappa shape index (κ2) is 5.46. The van der Waals surface area contributed by atoms with Crippen molar-refractivity contribution in [3.8, 4) is 0 Å². The van der Waals surface area contributed by atoms with Gasteiger partial charge in [-0.05, 0) is 6.07 Å². The molecule has 2 N–H and O–H groups in total. The topological polar surface area (TPSA) is 70.7 Å². The van der Waals surface area contributed by atoms with Crippen LogP contribution in [0.2, 0.25) is 0 Å². The minimum atomic E-state index is -0.979. The number of benzene rings is 1. The number of furan rings is 1. The van der Waals surface area contributed by atoms with E-state index in [9.17, 15) is 9.90 Å². The van der Waals surface area contributed by atoms with E-state index in [0.717, 1.165) is 0 Å². The highest BCUT2D eigenvalue weighted by Gasteiger charge is 2.20. The quantitative estimate of drug-likeness (QED) is 0.870. The predicted octanol–water partition coefficient (Wildman–Crippen LogP) is 2.75. The number of rotatable bonds is 5. The second-order valence-electron chi connectivity index (χ2n) is 4.01. The zero-order chi connectivity index (χ0) is 13.1.